The number of aromatic nitrogens is 12. The first-order chi connectivity index (χ1) is 58.7. The van der Waals surface area contributed by atoms with Gasteiger partial charge in [-0.15, -0.1) is 5.10 Å². The molecular weight excluding hydrogens is 1570 g/mol. The molecule has 12 rings (SSSR count). The number of piperidine rings is 1. The molecule has 34 nitrogen and oxygen atoms in total. The summed E-state index contributed by atoms with van der Waals surface area (Å²) in [6, 6.07) is 5.58. The number of amides is 3. The highest BCUT2D eigenvalue weighted by Crippen LogP contribution is 2.41. The minimum Gasteiger partial charge on any atom is -0.508 e. The molecule has 122 heavy (non-hydrogen) atoms. The molecule has 7 aromatic rings. The topological polar surface area (TPSA) is 437 Å². The van der Waals surface area contributed by atoms with Crippen molar-refractivity contribution in [3.05, 3.63) is 115 Å². The summed E-state index contributed by atoms with van der Waals surface area (Å²) < 4.78 is 39.8. The summed E-state index contributed by atoms with van der Waals surface area (Å²) in [4.78, 5) is 134. The highest BCUT2D eigenvalue weighted by atomic mass is 16.6. The summed E-state index contributed by atoms with van der Waals surface area (Å²) in [7, 11) is 4.61. The van der Waals surface area contributed by atoms with Crippen LogP contribution in [-0.2, 0) is 63.7 Å². The lowest BCUT2D eigenvalue weighted by Crippen LogP contribution is -2.61. The van der Waals surface area contributed by atoms with Crippen molar-refractivity contribution in [1.82, 2.24) is 75.2 Å². The normalized spacial score (nSPS) is 27.8. The highest BCUT2D eigenvalue weighted by Gasteiger charge is 2.53. The maximum atomic E-state index is 14.9. The van der Waals surface area contributed by atoms with Crippen LogP contribution in [0.25, 0.3) is 44.6 Å². The number of fused-ring (bicyclic) bond motifs is 5. The summed E-state index contributed by atoms with van der Waals surface area (Å²) in [5.41, 5.74) is 11.8. The number of aromatic amines is 1. The van der Waals surface area contributed by atoms with E-state index < -0.39 is 83.7 Å². The number of nitrogen functional groups attached to an aromatic ring is 1. The van der Waals surface area contributed by atoms with Gasteiger partial charge in [0.05, 0.1) is 60.4 Å². The van der Waals surface area contributed by atoms with E-state index in [9.17, 15) is 48.9 Å². The average molecular weight is 1680 g/mol. The number of rotatable bonds is 23. The molecule has 4 aliphatic heterocycles. The van der Waals surface area contributed by atoms with Crippen molar-refractivity contribution in [2.24, 2.45) is 35.5 Å². The number of benzene rings is 1. The first-order valence-electron chi connectivity index (χ1n) is 42.7. The number of esters is 1. The third-order valence-electron chi connectivity index (χ3n) is 24.6. The number of aryl methyl sites for hydroxylation is 1. The molecule has 0 spiro atoms. The number of aromatic hydroxyl groups is 1. The van der Waals surface area contributed by atoms with E-state index in [0.29, 0.717) is 160 Å². The van der Waals surface area contributed by atoms with Crippen LogP contribution in [0.2, 0.25) is 0 Å². The van der Waals surface area contributed by atoms with Gasteiger partial charge in [-0.05, 0) is 144 Å². The molecule has 0 unspecified atom stereocenters. The molecule has 4 fully saturated rings. The van der Waals surface area contributed by atoms with Crippen LogP contribution in [0.1, 0.15) is 161 Å². The molecule has 1 aliphatic carbocycles. The Kier molecular flexibility index (Phi) is 31.2. The van der Waals surface area contributed by atoms with Crippen LogP contribution in [-0.4, -0.2) is 250 Å². The van der Waals surface area contributed by atoms with Crippen molar-refractivity contribution in [1.29, 1.82) is 0 Å². The highest BCUT2D eigenvalue weighted by molar-refractivity contribution is 6.39. The zero-order valence-corrected chi connectivity index (χ0v) is 71.5. The number of allylic oxidation sites excluding steroid dienone is 6. The molecule has 1 saturated carbocycles. The summed E-state index contributed by atoms with van der Waals surface area (Å²) in [6.07, 6.45) is 22.6. The minimum atomic E-state index is -2.48. The maximum Gasteiger partial charge on any atom is 0.329 e. The van der Waals surface area contributed by atoms with Crippen LogP contribution >= 0.6 is 0 Å². The second-order valence-corrected chi connectivity index (χ2v) is 33.4. The number of Topliss-reactive ketones (excluding diaryl/α,β-unsaturated/α-hetero) is 3. The fourth-order valence-electron chi connectivity index (χ4n) is 17.2. The van der Waals surface area contributed by atoms with Gasteiger partial charge in [-0.2, -0.15) is 5.10 Å². The number of cyclic esters (lactones) is 1. The third kappa shape index (κ3) is 22.2. The Morgan fingerprint density at radius 1 is 0.795 bits per heavy atom. The number of hydrogen-bond donors (Lipinski definition) is 7. The van der Waals surface area contributed by atoms with Crippen molar-refractivity contribution < 1.29 is 77.3 Å². The average Bonchev–Trinajstić information content (AvgIpc) is 1.07. The predicted molar refractivity (Wildman–Crippen MR) is 454 cm³/mol. The molecule has 3 saturated heterocycles. The SMILES string of the molecule is CO[C@H]1C[C@@H]2CC[C@@H](C)[C@@](O)(O2)C(=O)C(=O)N2CCCC[C@H]2C(=O)O[C@H]([C@H](C)C[C@@H]2CC[C@H](n3cc(-c4cnc(N5CCN(c6ncc(C(=O)NCCOCCC(=O)NCCCCn7nc(-c8cc9cc(O)ccc9[nH]8)c8c(N)ncnc87)cn6)CC5)nc4)nn3)[C@H](OC)C2)CC(=O)[C@H](C)/C=C(\C)[C@@H](O)[C@@H](OC)C(=O)[C@H](C)C[C@H](C)/C=C/C=C/C=C/1C. The number of aliphatic hydroxyl groups excluding tert-OH is 1. The van der Waals surface area contributed by atoms with Gasteiger partial charge in [-0.1, -0.05) is 76.3 Å². The van der Waals surface area contributed by atoms with E-state index in [0.717, 1.165) is 28.6 Å². The number of nitrogens with zero attached hydrogens (tertiary/aromatic N) is 14. The van der Waals surface area contributed by atoms with Crippen molar-refractivity contribution in [3.8, 4) is 28.4 Å². The number of aliphatic hydroxyl groups is 2. The van der Waals surface area contributed by atoms with Crippen LogP contribution in [0, 0.1) is 35.5 Å². The summed E-state index contributed by atoms with van der Waals surface area (Å²) in [5.74, 6) is -7.50. The smallest absolute Gasteiger partial charge is 0.329 e. The van der Waals surface area contributed by atoms with E-state index in [1.54, 1.807) is 76.3 Å². The first-order valence-corrected chi connectivity index (χ1v) is 42.7. The van der Waals surface area contributed by atoms with Gasteiger partial charge in [0.2, 0.25) is 23.6 Å². The molecule has 656 valence electrons. The van der Waals surface area contributed by atoms with Crippen LogP contribution in [0.3, 0.4) is 0 Å². The lowest BCUT2D eigenvalue weighted by molar-refractivity contribution is -0.265. The van der Waals surface area contributed by atoms with Gasteiger partial charge in [-0.3, -0.25) is 28.8 Å². The maximum absolute atomic E-state index is 14.9. The van der Waals surface area contributed by atoms with Crippen LogP contribution in [0.15, 0.2) is 109 Å². The molecule has 3 amide bonds. The number of unbranched alkanes of at least 4 members (excludes halogenated alkanes) is 1. The number of ether oxygens (including phenoxy) is 6. The van der Waals surface area contributed by atoms with Gasteiger partial charge in [0.1, 0.15) is 59.4 Å². The third-order valence-corrected chi connectivity index (χ3v) is 24.6. The molecule has 6 aromatic heterocycles. The molecule has 8 N–H and O–H groups in total. The summed E-state index contributed by atoms with van der Waals surface area (Å²) in [5, 5.41) is 55.0. The molecule has 34 heteroatoms. The number of carbonyl (C=O) groups excluding carboxylic acids is 7. The summed E-state index contributed by atoms with van der Waals surface area (Å²) in [6.45, 7) is 16.6. The number of nitrogens with two attached hydrogens (primary N) is 1. The number of phenols is 1. The Morgan fingerprint density at radius 2 is 1.54 bits per heavy atom. The van der Waals surface area contributed by atoms with E-state index in [1.807, 2.05) is 79.9 Å². The van der Waals surface area contributed by atoms with E-state index in [-0.39, 0.29) is 105 Å². The molecule has 1 aromatic carbocycles. The van der Waals surface area contributed by atoms with Crippen molar-refractivity contribution in [3.63, 3.8) is 0 Å². The van der Waals surface area contributed by atoms with Crippen molar-refractivity contribution >= 4 is 80.7 Å². The van der Waals surface area contributed by atoms with E-state index >= 15 is 0 Å². The number of methoxy groups -OCH3 is 3. The lowest BCUT2D eigenvalue weighted by atomic mass is 9.77. The second-order valence-electron chi connectivity index (χ2n) is 33.4. The Bertz CT molecular complexity index is 4900. The largest absolute Gasteiger partial charge is 0.508 e. The first kappa shape index (κ1) is 90.6. The molecule has 10 heterocycles. The monoisotopic (exact) mass is 1680 g/mol. The number of phenolic OH excluding ortho intramolecular Hbond substituents is 1. The predicted octanol–water partition coefficient (Wildman–Crippen LogP) is 8.54. The fourth-order valence-corrected chi connectivity index (χ4v) is 17.2. The van der Waals surface area contributed by atoms with Gasteiger partial charge in [0.25, 0.3) is 17.6 Å². The van der Waals surface area contributed by atoms with Crippen LogP contribution in [0.5, 0.6) is 5.75 Å². The fraction of sp³-hybridized carbons (Fsp3) is 0.568. The van der Waals surface area contributed by atoms with Gasteiger partial charge in [-0.25, -0.2) is 44.1 Å². The Labute approximate surface area is 710 Å². The Hall–Kier alpha value is -10.6. The lowest BCUT2D eigenvalue weighted by Gasteiger charge is -2.42. The molecule has 5 aliphatic rings. The number of H-pyrrole nitrogens is 1. The number of piperazine rings is 1. The molecular formula is C88H118N18O16. The van der Waals surface area contributed by atoms with Crippen molar-refractivity contribution in [2.75, 3.05) is 95.9 Å². The Balaban J connectivity index is 0.602. The van der Waals surface area contributed by atoms with Crippen LogP contribution < -0.4 is 26.2 Å². The van der Waals surface area contributed by atoms with Crippen LogP contribution in [0.4, 0.5) is 17.7 Å². The minimum absolute atomic E-state index is 0.0175. The number of nitrogens with one attached hydrogen (secondary N) is 3. The zero-order valence-electron chi connectivity index (χ0n) is 71.5. The number of hydrogen-bond acceptors (Lipinski definition) is 28. The molecule has 2 bridgehead atoms. The van der Waals surface area contributed by atoms with Gasteiger partial charge in [0.15, 0.2) is 11.4 Å². The number of anilines is 3. The zero-order chi connectivity index (χ0) is 86.9. The van der Waals surface area contributed by atoms with Crippen molar-refractivity contribution in [2.45, 2.75) is 206 Å². The standard InChI is InChI=1S/C88H118N18O16/c1-52-18-12-11-13-19-53(2)71(117-8)44-64-24-21-58(7)88(116,122-64)80(112)84(114)104-30-16-14-20-69(104)85(115)121-72(45-70(108)54(3)39-57(6)78(111)79(119-10)77(110)56(5)38-52)55(4)40-59-22-26-68(73(41-59)118-9)106-50-67(99-101-106)61-46-92-86(93-47-61)102-32-34-103(35-33-102)87-94-48-62(49-95-87)83(113)91-29-37-120-36-27-74(109)90-28-15-17-31-105-82-75(81(89)96-51-97-82)76(100-105)66-43-60-42-63(107)23-25-65(60)98-66/h11-13,18-19,23,25,39,42-43,46-52,54-56,58-59,64,68-69,71-73,78-79,98,107,111,116H,14-17,20-22,24,26-38,40-41,44-45H2,1-10H3,(H,90,109)(H,91,113)(H2,89,96,97)/b13-11+,18-12+,53-19+,57-39+/t52-,54-,55-,56-,58-,59+,64+,68+,69+,71+,72+,73-,78-,79+,88-/m1/s1. The van der Waals surface area contributed by atoms with E-state index in [2.05, 4.69) is 50.8 Å². The van der Waals surface area contributed by atoms with E-state index in [1.165, 1.54) is 30.7 Å². The quantitative estimate of drug-likeness (QED) is 0.0136. The number of carbonyl (C=O) groups is 7. The van der Waals surface area contributed by atoms with Gasteiger partial charge < -0.3 is 79.8 Å². The second kappa shape index (κ2) is 42.0. The van der Waals surface area contributed by atoms with Gasteiger partial charge in [0, 0.05) is 152 Å². The van der Waals surface area contributed by atoms with E-state index in [4.69, 9.17) is 49.2 Å². The molecule has 15 atom stereocenters. The Morgan fingerprint density at radius 3 is 2.27 bits per heavy atom. The molecule has 0 radical (unpaired) electrons. The summed E-state index contributed by atoms with van der Waals surface area (Å²) >= 11 is 0. The van der Waals surface area contributed by atoms with Gasteiger partial charge >= 0.3 is 5.97 Å². The number of ketones is 3.